The Morgan fingerprint density at radius 1 is 1.10 bits per heavy atom. The number of para-hydroxylation sites is 1. The van der Waals surface area contributed by atoms with Crippen LogP contribution in [0.2, 0.25) is 0 Å². The molecule has 0 N–H and O–H groups in total. The number of carbonyl (C=O) groups excluding carboxylic acids is 1. The Hall–Kier alpha value is -2.10. The molecule has 0 spiro atoms. The van der Waals surface area contributed by atoms with Gasteiger partial charge in [0, 0.05) is 19.3 Å². The van der Waals surface area contributed by atoms with Crippen LogP contribution in [0.15, 0.2) is 47.2 Å². The van der Waals surface area contributed by atoms with Crippen molar-refractivity contribution in [3.63, 3.8) is 0 Å². The third-order valence-corrected chi connectivity index (χ3v) is 3.77. The molecule has 1 fully saturated rings. The Labute approximate surface area is 119 Å². The fourth-order valence-corrected chi connectivity index (χ4v) is 2.64. The van der Waals surface area contributed by atoms with Gasteiger partial charge in [-0.05, 0) is 38.3 Å². The van der Waals surface area contributed by atoms with Crippen molar-refractivity contribution in [2.24, 2.45) is 5.10 Å². The average Bonchev–Trinajstić information content (AvgIpc) is 2.77. The van der Waals surface area contributed by atoms with E-state index >= 15 is 0 Å². The molecule has 0 aliphatic carbocycles. The van der Waals surface area contributed by atoms with E-state index in [9.17, 15) is 4.79 Å². The number of amides is 1. The summed E-state index contributed by atoms with van der Waals surface area (Å²) in [6.45, 7) is 3.97. The number of carbonyl (C=O) groups is 1. The SMILES string of the molecule is CC1=NN(c2ccccc2)C(=O)/C1=C/N1CCCCC1. The summed E-state index contributed by atoms with van der Waals surface area (Å²) in [6.07, 6.45) is 5.69. The van der Waals surface area contributed by atoms with E-state index in [0.29, 0.717) is 0 Å². The minimum atomic E-state index is -0.0285. The minimum absolute atomic E-state index is 0.0285. The summed E-state index contributed by atoms with van der Waals surface area (Å²) in [7, 11) is 0. The molecule has 2 aliphatic rings. The van der Waals surface area contributed by atoms with Crippen LogP contribution in [-0.2, 0) is 4.79 Å². The monoisotopic (exact) mass is 269 g/mol. The van der Waals surface area contributed by atoms with Crippen LogP contribution in [0.4, 0.5) is 5.69 Å². The maximum Gasteiger partial charge on any atom is 0.282 e. The molecular weight excluding hydrogens is 250 g/mol. The van der Waals surface area contributed by atoms with Crippen molar-refractivity contribution in [2.75, 3.05) is 18.1 Å². The minimum Gasteiger partial charge on any atom is -0.377 e. The van der Waals surface area contributed by atoms with E-state index in [2.05, 4.69) is 10.0 Å². The Bertz CT molecular complexity index is 556. The van der Waals surface area contributed by atoms with E-state index in [1.165, 1.54) is 24.3 Å². The second kappa shape index (κ2) is 5.49. The molecule has 2 heterocycles. The van der Waals surface area contributed by atoms with Gasteiger partial charge in [0.2, 0.25) is 0 Å². The van der Waals surface area contributed by atoms with Crippen LogP contribution < -0.4 is 5.01 Å². The number of rotatable bonds is 2. The zero-order valence-electron chi connectivity index (χ0n) is 11.7. The lowest BCUT2D eigenvalue weighted by Gasteiger charge is -2.25. The number of likely N-dealkylation sites (tertiary alicyclic amines) is 1. The van der Waals surface area contributed by atoms with Crippen molar-refractivity contribution in [2.45, 2.75) is 26.2 Å². The summed E-state index contributed by atoms with van der Waals surface area (Å²) in [4.78, 5) is 14.7. The molecule has 1 amide bonds. The van der Waals surface area contributed by atoms with E-state index in [1.807, 2.05) is 43.5 Å². The highest BCUT2D eigenvalue weighted by atomic mass is 16.2. The highest BCUT2D eigenvalue weighted by Gasteiger charge is 2.29. The van der Waals surface area contributed by atoms with Crippen LogP contribution in [-0.4, -0.2) is 29.6 Å². The number of nitrogens with zero attached hydrogens (tertiary/aromatic N) is 3. The fourth-order valence-electron chi connectivity index (χ4n) is 2.64. The molecule has 0 radical (unpaired) electrons. The number of hydrogen-bond acceptors (Lipinski definition) is 3. The normalized spacial score (nSPS) is 21.6. The summed E-state index contributed by atoms with van der Waals surface area (Å²) in [5.41, 5.74) is 2.33. The predicted octanol–water partition coefficient (Wildman–Crippen LogP) is 2.78. The lowest BCUT2D eigenvalue weighted by atomic mass is 10.1. The van der Waals surface area contributed by atoms with Crippen LogP contribution in [0, 0.1) is 0 Å². The van der Waals surface area contributed by atoms with Gasteiger partial charge in [0.25, 0.3) is 5.91 Å². The zero-order chi connectivity index (χ0) is 13.9. The molecule has 20 heavy (non-hydrogen) atoms. The summed E-state index contributed by atoms with van der Waals surface area (Å²) in [5.74, 6) is -0.0285. The van der Waals surface area contributed by atoms with Gasteiger partial charge in [0.15, 0.2) is 0 Å². The standard InChI is InChI=1S/C16H19N3O/c1-13-15(12-18-10-6-3-7-11-18)16(20)19(17-13)14-8-4-2-5-9-14/h2,4-5,8-9,12H,3,6-7,10-11H2,1H3/b15-12+. The second-order valence-electron chi connectivity index (χ2n) is 5.28. The predicted molar refractivity (Wildman–Crippen MR) is 80.5 cm³/mol. The van der Waals surface area contributed by atoms with Crippen molar-refractivity contribution < 1.29 is 4.79 Å². The topological polar surface area (TPSA) is 35.9 Å². The van der Waals surface area contributed by atoms with Crippen LogP contribution in [0.3, 0.4) is 0 Å². The molecule has 104 valence electrons. The molecule has 1 aromatic carbocycles. The van der Waals surface area contributed by atoms with Crippen molar-refractivity contribution in [1.82, 2.24) is 4.90 Å². The Morgan fingerprint density at radius 3 is 2.50 bits per heavy atom. The van der Waals surface area contributed by atoms with Crippen molar-refractivity contribution in [3.8, 4) is 0 Å². The van der Waals surface area contributed by atoms with Crippen LogP contribution in [0.1, 0.15) is 26.2 Å². The Balaban J connectivity index is 1.83. The van der Waals surface area contributed by atoms with Gasteiger partial charge >= 0.3 is 0 Å². The summed E-state index contributed by atoms with van der Waals surface area (Å²) >= 11 is 0. The molecule has 2 aliphatic heterocycles. The number of hydrazone groups is 1. The number of hydrogen-bond donors (Lipinski definition) is 0. The number of piperidine rings is 1. The Kier molecular flexibility index (Phi) is 3.54. The average molecular weight is 269 g/mol. The van der Waals surface area contributed by atoms with Gasteiger partial charge in [-0.3, -0.25) is 4.79 Å². The molecular formula is C16H19N3O. The molecule has 1 saturated heterocycles. The largest absolute Gasteiger partial charge is 0.377 e. The first-order valence-electron chi connectivity index (χ1n) is 7.16. The summed E-state index contributed by atoms with van der Waals surface area (Å²) < 4.78 is 0. The van der Waals surface area contributed by atoms with Gasteiger partial charge in [0.1, 0.15) is 0 Å². The van der Waals surface area contributed by atoms with Gasteiger partial charge in [-0.15, -0.1) is 0 Å². The molecule has 0 atom stereocenters. The number of benzene rings is 1. The van der Waals surface area contributed by atoms with Crippen LogP contribution in [0.25, 0.3) is 0 Å². The Morgan fingerprint density at radius 2 is 1.80 bits per heavy atom. The molecule has 4 heteroatoms. The summed E-state index contributed by atoms with van der Waals surface area (Å²) in [5, 5.41) is 5.88. The smallest absolute Gasteiger partial charge is 0.282 e. The molecule has 3 rings (SSSR count). The van der Waals surface area contributed by atoms with Gasteiger partial charge in [0.05, 0.1) is 17.0 Å². The maximum atomic E-state index is 12.5. The highest BCUT2D eigenvalue weighted by Crippen LogP contribution is 2.24. The zero-order valence-corrected chi connectivity index (χ0v) is 11.7. The van der Waals surface area contributed by atoms with Crippen molar-refractivity contribution in [1.29, 1.82) is 0 Å². The number of anilines is 1. The lowest BCUT2D eigenvalue weighted by molar-refractivity contribution is -0.114. The van der Waals surface area contributed by atoms with Gasteiger partial charge in [-0.2, -0.15) is 10.1 Å². The molecule has 0 unspecified atom stereocenters. The van der Waals surface area contributed by atoms with E-state index < -0.39 is 0 Å². The maximum absolute atomic E-state index is 12.5. The van der Waals surface area contributed by atoms with Crippen molar-refractivity contribution in [3.05, 3.63) is 42.1 Å². The molecule has 0 saturated carbocycles. The van der Waals surface area contributed by atoms with Crippen LogP contribution in [0.5, 0.6) is 0 Å². The quantitative estimate of drug-likeness (QED) is 0.774. The first-order valence-corrected chi connectivity index (χ1v) is 7.16. The van der Waals surface area contributed by atoms with Gasteiger partial charge < -0.3 is 4.90 Å². The van der Waals surface area contributed by atoms with Gasteiger partial charge in [-0.25, -0.2) is 0 Å². The van der Waals surface area contributed by atoms with Gasteiger partial charge in [-0.1, -0.05) is 18.2 Å². The molecule has 0 aromatic heterocycles. The third-order valence-electron chi connectivity index (χ3n) is 3.77. The summed E-state index contributed by atoms with van der Waals surface area (Å²) in [6, 6.07) is 9.57. The van der Waals surface area contributed by atoms with E-state index in [1.54, 1.807) is 0 Å². The fraction of sp³-hybridized carbons (Fsp3) is 0.375. The van der Waals surface area contributed by atoms with E-state index in [-0.39, 0.29) is 5.91 Å². The van der Waals surface area contributed by atoms with Crippen molar-refractivity contribution >= 4 is 17.3 Å². The highest BCUT2D eigenvalue weighted by molar-refractivity contribution is 6.29. The molecule has 1 aromatic rings. The van der Waals surface area contributed by atoms with Crippen LogP contribution >= 0.6 is 0 Å². The molecule has 0 bridgehead atoms. The third kappa shape index (κ3) is 2.46. The lowest BCUT2D eigenvalue weighted by Crippen LogP contribution is -2.27. The van der Waals surface area contributed by atoms with E-state index in [0.717, 1.165) is 30.1 Å². The van der Waals surface area contributed by atoms with E-state index in [4.69, 9.17) is 0 Å². The molecule has 4 nitrogen and oxygen atoms in total. The second-order valence-corrected chi connectivity index (χ2v) is 5.28. The first kappa shape index (κ1) is 12.9. The first-order chi connectivity index (χ1) is 9.75.